The van der Waals surface area contributed by atoms with Crippen LogP contribution in [-0.2, 0) is 21.5 Å². The SMILES string of the molecule is CC(=O)C[C@@H]1CCC[C@H](C(=O)Nc2cc(-c3cc(F)c4nc5n(c4c3)C(C)(C)CC5)c(C)cn2)C1. The summed E-state index contributed by atoms with van der Waals surface area (Å²) in [6.45, 7) is 7.87. The molecule has 1 aromatic carbocycles. The van der Waals surface area contributed by atoms with Gasteiger partial charge in [0.1, 0.15) is 22.9 Å². The molecule has 3 aromatic rings. The molecule has 7 heteroatoms. The lowest BCUT2D eigenvalue weighted by molar-refractivity contribution is -0.123. The van der Waals surface area contributed by atoms with Crippen molar-refractivity contribution in [3.8, 4) is 11.1 Å². The van der Waals surface area contributed by atoms with E-state index in [2.05, 4.69) is 33.7 Å². The van der Waals surface area contributed by atoms with Crippen molar-refractivity contribution in [1.82, 2.24) is 14.5 Å². The lowest BCUT2D eigenvalue weighted by Crippen LogP contribution is -2.29. The van der Waals surface area contributed by atoms with Crippen LogP contribution in [0.3, 0.4) is 0 Å². The second-order valence-electron chi connectivity index (χ2n) is 11.0. The standard InChI is InChI=1S/C28H33FN4O2/c1-16-15-30-24(31-27(35)19-7-5-6-18(11-19)10-17(2)34)14-21(16)20-12-22(29)26-23(13-20)33-25(32-26)8-9-28(33,3)4/h12-15,18-19H,5-11H2,1-4H3,(H,30,31,35)/t18-,19-/m0/s1. The predicted octanol–water partition coefficient (Wildman–Crippen LogP) is 5.95. The Labute approximate surface area is 205 Å². The quantitative estimate of drug-likeness (QED) is 0.494. The van der Waals surface area contributed by atoms with Gasteiger partial charge in [0.05, 0.1) is 5.52 Å². The number of nitrogens with one attached hydrogen (secondary N) is 1. The Morgan fingerprint density at radius 2 is 2.03 bits per heavy atom. The molecule has 1 N–H and O–H groups in total. The Morgan fingerprint density at radius 1 is 1.23 bits per heavy atom. The number of aryl methyl sites for hydroxylation is 2. The molecule has 1 amide bonds. The average molecular weight is 477 g/mol. The van der Waals surface area contributed by atoms with E-state index in [-0.39, 0.29) is 34.9 Å². The molecule has 1 aliphatic heterocycles. The maximum atomic E-state index is 15.2. The van der Waals surface area contributed by atoms with Gasteiger partial charge in [0, 0.05) is 30.5 Å². The van der Waals surface area contributed by atoms with Crippen LogP contribution in [0.4, 0.5) is 10.2 Å². The van der Waals surface area contributed by atoms with Crippen molar-refractivity contribution in [2.45, 2.75) is 78.2 Å². The highest BCUT2D eigenvalue weighted by atomic mass is 19.1. The number of aromatic nitrogens is 3. The number of hydrogen-bond acceptors (Lipinski definition) is 4. The zero-order valence-electron chi connectivity index (χ0n) is 20.9. The number of amides is 1. The zero-order valence-corrected chi connectivity index (χ0v) is 20.9. The third kappa shape index (κ3) is 4.48. The first-order valence-corrected chi connectivity index (χ1v) is 12.6. The van der Waals surface area contributed by atoms with Gasteiger partial charge in [-0.05, 0) is 94.2 Å². The molecule has 6 nitrogen and oxygen atoms in total. The molecule has 0 unspecified atom stereocenters. The zero-order chi connectivity index (χ0) is 24.9. The number of Topliss-reactive ketones (excluding diaryl/α,β-unsaturated/α-hetero) is 1. The molecular weight excluding hydrogens is 443 g/mol. The lowest BCUT2D eigenvalue weighted by Gasteiger charge is -2.27. The highest BCUT2D eigenvalue weighted by Gasteiger charge is 2.33. The van der Waals surface area contributed by atoms with Crippen LogP contribution in [-0.4, -0.2) is 26.2 Å². The molecule has 1 aliphatic carbocycles. The van der Waals surface area contributed by atoms with Crippen LogP contribution in [0.25, 0.3) is 22.2 Å². The molecule has 3 heterocycles. The first-order chi connectivity index (χ1) is 16.6. The number of imidazole rings is 1. The van der Waals surface area contributed by atoms with Crippen molar-refractivity contribution in [1.29, 1.82) is 0 Å². The second-order valence-corrected chi connectivity index (χ2v) is 11.0. The summed E-state index contributed by atoms with van der Waals surface area (Å²) in [5, 5.41) is 2.98. The minimum atomic E-state index is -0.337. The summed E-state index contributed by atoms with van der Waals surface area (Å²) in [5.74, 6) is 1.32. The fraction of sp³-hybridized carbons (Fsp3) is 0.500. The van der Waals surface area contributed by atoms with Crippen LogP contribution in [0.1, 0.15) is 70.7 Å². The van der Waals surface area contributed by atoms with Crippen molar-refractivity contribution in [2.24, 2.45) is 11.8 Å². The number of halogens is 1. The van der Waals surface area contributed by atoms with E-state index in [4.69, 9.17) is 0 Å². The maximum absolute atomic E-state index is 15.2. The second kappa shape index (κ2) is 8.85. The molecule has 2 aliphatic rings. The minimum absolute atomic E-state index is 0.0578. The molecule has 0 spiro atoms. The van der Waals surface area contributed by atoms with E-state index < -0.39 is 0 Å². The Balaban J connectivity index is 1.43. The number of fused-ring (bicyclic) bond motifs is 3. The average Bonchev–Trinajstić information content (AvgIpc) is 3.32. The molecule has 2 aromatic heterocycles. The van der Waals surface area contributed by atoms with Gasteiger partial charge in [-0.3, -0.25) is 4.79 Å². The third-order valence-electron chi connectivity index (χ3n) is 7.74. The molecule has 0 bridgehead atoms. The van der Waals surface area contributed by atoms with Crippen LogP contribution in [0.2, 0.25) is 0 Å². The van der Waals surface area contributed by atoms with Gasteiger partial charge in [-0.15, -0.1) is 0 Å². The molecule has 1 saturated carbocycles. The molecule has 1 fully saturated rings. The van der Waals surface area contributed by atoms with E-state index >= 15 is 4.39 Å². The highest BCUT2D eigenvalue weighted by Crippen LogP contribution is 2.38. The maximum Gasteiger partial charge on any atom is 0.228 e. The summed E-state index contributed by atoms with van der Waals surface area (Å²) in [5.41, 5.74) is 3.59. The highest BCUT2D eigenvalue weighted by molar-refractivity contribution is 5.93. The van der Waals surface area contributed by atoms with E-state index in [1.807, 2.05) is 19.1 Å². The third-order valence-corrected chi connectivity index (χ3v) is 7.74. The van der Waals surface area contributed by atoms with Gasteiger partial charge < -0.3 is 14.7 Å². The van der Waals surface area contributed by atoms with Gasteiger partial charge in [0.15, 0.2) is 5.82 Å². The van der Waals surface area contributed by atoms with Gasteiger partial charge in [0.25, 0.3) is 0 Å². The van der Waals surface area contributed by atoms with E-state index in [1.165, 1.54) is 6.07 Å². The van der Waals surface area contributed by atoms with Gasteiger partial charge in [-0.2, -0.15) is 0 Å². The molecule has 0 saturated heterocycles. The Bertz CT molecular complexity index is 1330. The monoisotopic (exact) mass is 476 g/mol. The van der Waals surface area contributed by atoms with Crippen molar-refractivity contribution < 1.29 is 14.0 Å². The molecule has 2 atom stereocenters. The number of benzene rings is 1. The molecular formula is C28H33FN4O2. The largest absolute Gasteiger partial charge is 0.322 e. The Kier molecular flexibility index (Phi) is 5.98. The number of hydrogen-bond donors (Lipinski definition) is 1. The number of ketones is 1. The minimum Gasteiger partial charge on any atom is -0.322 e. The predicted molar refractivity (Wildman–Crippen MR) is 135 cm³/mol. The summed E-state index contributed by atoms with van der Waals surface area (Å²) >= 11 is 0. The van der Waals surface area contributed by atoms with E-state index in [9.17, 15) is 9.59 Å². The van der Waals surface area contributed by atoms with Crippen molar-refractivity contribution in [2.75, 3.05) is 5.32 Å². The number of anilines is 1. The van der Waals surface area contributed by atoms with Crippen LogP contribution >= 0.6 is 0 Å². The van der Waals surface area contributed by atoms with Crippen molar-refractivity contribution in [3.63, 3.8) is 0 Å². The summed E-state index contributed by atoms with van der Waals surface area (Å²) in [7, 11) is 0. The first-order valence-electron chi connectivity index (χ1n) is 12.6. The van der Waals surface area contributed by atoms with E-state index in [0.717, 1.165) is 66.6 Å². The fourth-order valence-corrected chi connectivity index (χ4v) is 5.96. The van der Waals surface area contributed by atoms with E-state index in [0.29, 0.717) is 17.8 Å². The van der Waals surface area contributed by atoms with Crippen LogP contribution < -0.4 is 5.32 Å². The van der Waals surface area contributed by atoms with Gasteiger partial charge in [0.2, 0.25) is 5.91 Å². The normalized spacial score (nSPS) is 21.2. The molecule has 0 radical (unpaired) electrons. The van der Waals surface area contributed by atoms with Crippen LogP contribution in [0, 0.1) is 24.6 Å². The Morgan fingerprint density at radius 3 is 2.80 bits per heavy atom. The first kappa shape index (κ1) is 23.6. The molecule has 35 heavy (non-hydrogen) atoms. The Hall–Kier alpha value is -3.09. The summed E-state index contributed by atoms with van der Waals surface area (Å²) in [6, 6.07) is 5.36. The summed E-state index contributed by atoms with van der Waals surface area (Å²) in [6.07, 6.45) is 7.59. The van der Waals surface area contributed by atoms with Crippen LogP contribution in [0.15, 0.2) is 24.4 Å². The number of carbonyl (C=O) groups is 2. The fourth-order valence-electron chi connectivity index (χ4n) is 5.96. The number of rotatable bonds is 5. The van der Waals surface area contributed by atoms with Gasteiger partial charge in [-0.1, -0.05) is 6.42 Å². The van der Waals surface area contributed by atoms with Crippen molar-refractivity contribution in [3.05, 3.63) is 41.6 Å². The van der Waals surface area contributed by atoms with E-state index in [1.54, 1.807) is 13.1 Å². The number of nitrogens with zero attached hydrogens (tertiary/aromatic N) is 3. The molecule has 184 valence electrons. The van der Waals surface area contributed by atoms with Gasteiger partial charge >= 0.3 is 0 Å². The summed E-state index contributed by atoms with van der Waals surface area (Å²) in [4.78, 5) is 33.5. The topological polar surface area (TPSA) is 76.9 Å². The van der Waals surface area contributed by atoms with Crippen molar-refractivity contribution >= 4 is 28.5 Å². The van der Waals surface area contributed by atoms with Gasteiger partial charge in [-0.25, -0.2) is 14.4 Å². The smallest absolute Gasteiger partial charge is 0.228 e. The lowest BCUT2D eigenvalue weighted by atomic mass is 9.79. The van der Waals surface area contributed by atoms with Crippen LogP contribution in [0.5, 0.6) is 0 Å². The summed E-state index contributed by atoms with van der Waals surface area (Å²) < 4.78 is 17.3. The molecule has 5 rings (SSSR count). The number of pyridine rings is 1. The number of carbonyl (C=O) groups excluding carboxylic acids is 2.